The van der Waals surface area contributed by atoms with Crippen LogP contribution in [0.4, 0.5) is 13.2 Å². The van der Waals surface area contributed by atoms with Crippen molar-refractivity contribution < 1.29 is 32.5 Å². The quantitative estimate of drug-likeness (QED) is 0.860. The highest BCUT2D eigenvalue weighted by Crippen LogP contribution is 2.35. The summed E-state index contributed by atoms with van der Waals surface area (Å²) < 4.78 is 44.5. The number of hydrogen-bond acceptors (Lipinski definition) is 5. The molecule has 0 aliphatic rings. The molecule has 0 bridgehead atoms. The number of alkyl halides is 3. The van der Waals surface area contributed by atoms with E-state index >= 15 is 0 Å². The topological polar surface area (TPSA) is 79.6 Å². The molecule has 0 saturated carbocycles. The minimum absolute atomic E-state index is 0.0537. The molecule has 0 fully saturated rings. The van der Waals surface area contributed by atoms with E-state index in [1.807, 2.05) is 0 Å². The third-order valence-corrected chi connectivity index (χ3v) is 2.20. The van der Waals surface area contributed by atoms with E-state index in [0.29, 0.717) is 0 Å². The highest BCUT2D eigenvalue weighted by Gasteiger charge is 2.33. The molecule has 108 valence electrons. The van der Waals surface area contributed by atoms with Gasteiger partial charge in [-0.15, -0.1) is 13.2 Å². The van der Waals surface area contributed by atoms with Crippen molar-refractivity contribution in [1.82, 2.24) is 0 Å². The van der Waals surface area contributed by atoms with Gasteiger partial charge in [-0.3, -0.25) is 4.79 Å². The van der Waals surface area contributed by atoms with E-state index < -0.39 is 29.4 Å². The van der Waals surface area contributed by atoms with Crippen LogP contribution in [0.1, 0.15) is 18.1 Å². The average molecular weight is 289 g/mol. The third-order valence-electron chi connectivity index (χ3n) is 2.20. The molecule has 1 N–H and O–H groups in total. The van der Waals surface area contributed by atoms with Gasteiger partial charge >= 0.3 is 12.3 Å². The number of nitriles is 1. The second-order valence-corrected chi connectivity index (χ2v) is 3.59. The number of nitrogens with zero attached hydrogens (tertiary/aromatic N) is 1. The molecule has 0 heterocycles. The number of hydrogen-bond donors (Lipinski definition) is 1. The molecule has 0 aliphatic heterocycles. The van der Waals surface area contributed by atoms with Crippen LogP contribution in [0.15, 0.2) is 12.1 Å². The SMILES string of the molecule is CCOC(=O)Cc1ccc(OC(F)(F)F)c(O)c1C#N. The molecule has 0 amide bonds. The molecule has 0 saturated heterocycles. The fourth-order valence-corrected chi connectivity index (χ4v) is 1.46. The molecule has 0 spiro atoms. The van der Waals surface area contributed by atoms with Crippen LogP contribution in [0.3, 0.4) is 0 Å². The highest BCUT2D eigenvalue weighted by molar-refractivity contribution is 5.74. The molecule has 8 heteroatoms. The molecule has 1 aromatic carbocycles. The summed E-state index contributed by atoms with van der Waals surface area (Å²) in [6.07, 6.45) is -5.33. The summed E-state index contributed by atoms with van der Waals surface area (Å²) in [5.41, 5.74) is -0.405. The number of rotatable bonds is 4. The van der Waals surface area contributed by atoms with Crippen LogP contribution in [0, 0.1) is 11.3 Å². The number of benzene rings is 1. The molecule has 1 aromatic rings. The molecular formula is C12H10F3NO4. The van der Waals surface area contributed by atoms with Gasteiger partial charge in [0.05, 0.1) is 13.0 Å². The van der Waals surface area contributed by atoms with E-state index in [0.717, 1.165) is 12.1 Å². The number of phenols is 1. The zero-order valence-electron chi connectivity index (χ0n) is 10.3. The largest absolute Gasteiger partial charge is 0.573 e. The van der Waals surface area contributed by atoms with Gasteiger partial charge < -0.3 is 14.6 Å². The first-order valence-electron chi connectivity index (χ1n) is 5.44. The Bertz CT molecular complexity index is 549. The minimum atomic E-state index is -4.99. The molecule has 0 aromatic heterocycles. The zero-order valence-corrected chi connectivity index (χ0v) is 10.3. The maximum atomic E-state index is 12.1. The van der Waals surface area contributed by atoms with Crippen molar-refractivity contribution in [3.63, 3.8) is 0 Å². The third kappa shape index (κ3) is 4.05. The second-order valence-electron chi connectivity index (χ2n) is 3.59. The number of carbonyl (C=O) groups excluding carboxylic acids is 1. The predicted octanol–water partition coefficient (Wildman–Crippen LogP) is 2.27. The van der Waals surface area contributed by atoms with Crippen LogP contribution >= 0.6 is 0 Å². The molecular weight excluding hydrogens is 279 g/mol. The number of halogens is 3. The highest BCUT2D eigenvalue weighted by atomic mass is 19.4. The summed E-state index contributed by atoms with van der Waals surface area (Å²) in [5.74, 6) is -2.53. The smallest absolute Gasteiger partial charge is 0.503 e. The molecule has 0 aliphatic carbocycles. The van der Waals surface area contributed by atoms with Crippen molar-refractivity contribution in [2.24, 2.45) is 0 Å². The van der Waals surface area contributed by atoms with Gasteiger partial charge in [0.25, 0.3) is 0 Å². The average Bonchev–Trinajstić information content (AvgIpc) is 2.32. The van der Waals surface area contributed by atoms with Crippen molar-refractivity contribution in [3.05, 3.63) is 23.3 Å². The maximum Gasteiger partial charge on any atom is 0.573 e. The Morgan fingerprint density at radius 1 is 1.45 bits per heavy atom. The number of aromatic hydroxyl groups is 1. The zero-order chi connectivity index (χ0) is 15.3. The maximum absolute atomic E-state index is 12.1. The lowest BCUT2D eigenvalue weighted by atomic mass is 10.0. The predicted molar refractivity (Wildman–Crippen MR) is 59.8 cm³/mol. The van der Waals surface area contributed by atoms with Gasteiger partial charge in [0.1, 0.15) is 11.6 Å². The Labute approximate surface area is 112 Å². The minimum Gasteiger partial charge on any atom is -0.503 e. The second kappa shape index (κ2) is 6.14. The Hall–Kier alpha value is -2.43. The van der Waals surface area contributed by atoms with E-state index in [4.69, 9.17) is 5.26 Å². The lowest BCUT2D eigenvalue weighted by molar-refractivity contribution is -0.275. The van der Waals surface area contributed by atoms with Crippen LogP contribution in [0.2, 0.25) is 0 Å². The van der Waals surface area contributed by atoms with Crippen molar-refractivity contribution in [2.45, 2.75) is 19.7 Å². The van der Waals surface area contributed by atoms with Gasteiger partial charge in [-0.1, -0.05) is 6.07 Å². The number of ether oxygens (including phenoxy) is 2. The summed E-state index contributed by atoms with van der Waals surface area (Å²) in [7, 11) is 0. The first-order valence-corrected chi connectivity index (χ1v) is 5.44. The van der Waals surface area contributed by atoms with Crippen molar-refractivity contribution in [3.8, 4) is 17.6 Å². The molecule has 0 unspecified atom stereocenters. The van der Waals surface area contributed by atoms with E-state index in [2.05, 4.69) is 9.47 Å². The van der Waals surface area contributed by atoms with Crippen LogP contribution in [-0.4, -0.2) is 24.0 Å². The molecule has 0 radical (unpaired) electrons. The van der Waals surface area contributed by atoms with Gasteiger partial charge in [0.15, 0.2) is 11.5 Å². The van der Waals surface area contributed by atoms with Gasteiger partial charge in [-0.25, -0.2) is 0 Å². The number of phenolic OH excluding ortho intramolecular Hbond substituents is 1. The molecule has 20 heavy (non-hydrogen) atoms. The normalized spacial score (nSPS) is 10.8. The first kappa shape index (κ1) is 15.6. The van der Waals surface area contributed by atoms with E-state index in [9.17, 15) is 23.1 Å². The van der Waals surface area contributed by atoms with Crippen LogP contribution in [0.25, 0.3) is 0 Å². The van der Waals surface area contributed by atoms with E-state index in [1.165, 1.54) is 6.07 Å². The summed E-state index contributed by atoms with van der Waals surface area (Å²) in [6, 6.07) is 3.46. The lowest BCUT2D eigenvalue weighted by Gasteiger charge is -2.12. The van der Waals surface area contributed by atoms with Gasteiger partial charge in [0, 0.05) is 0 Å². The Morgan fingerprint density at radius 2 is 2.10 bits per heavy atom. The summed E-state index contributed by atoms with van der Waals surface area (Å²) in [4.78, 5) is 11.3. The Balaban J connectivity index is 3.09. The Morgan fingerprint density at radius 3 is 2.60 bits per heavy atom. The monoisotopic (exact) mass is 289 g/mol. The van der Waals surface area contributed by atoms with Crippen LogP contribution in [-0.2, 0) is 16.0 Å². The van der Waals surface area contributed by atoms with Crippen molar-refractivity contribution in [1.29, 1.82) is 5.26 Å². The molecule has 5 nitrogen and oxygen atoms in total. The molecule has 0 atom stereocenters. The van der Waals surface area contributed by atoms with Gasteiger partial charge in [-0.05, 0) is 18.6 Å². The van der Waals surface area contributed by atoms with Crippen LogP contribution in [0.5, 0.6) is 11.5 Å². The standard InChI is InChI=1S/C12H10F3NO4/c1-2-19-10(17)5-7-3-4-9(20-12(13,14)15)11(18)8(7)6-16/h3-4,18H,2,5H2,1H3. The number of esters is 1. The number of carbonyl (C=O) groups is 1. The van der Waals surface area contributed by atoms with E-state index in [1.54, 1.807) is 6.92 Å². The first-order chi connectivity index (χ1) is 9.28. The summed E-state index contributed by atoms with van der Waals surface area (Å²) in [6.45, 7) is 1.71. The Kier molecular flexibility index (Phi) is 4.80. The molecule has 1 rings (SSSR count). The van der Waals surface area contributed by atoms with Crippen molar-refractivity contribution in [2.75, 3.05) is 6.61 Å². The van der Waals surface area contributed by atoms with Crippen LogP contribution < -0.4 is 4.74 Å². The van der Waals surface area contributed by atoms with E-state index in [-0.39, 0.29) is 18.6 Å². The van der Waals surface area contributed by atoms with Gasteiger partial charge in [-0.2, -0.15) is 5.26 Å². The lowest BCUT2D eigenvalue weighted by Crippen LogP contribution is -2.17. The fraction of sp³-hybridized carbons (Fsp3) is 0.333. The van der Waals surface area contributed by atoms with Crippen molar-refractivity contribution >= 4 is 5.97 Å². The summed E-state index contributed by atoms with van der Waals surface area (Å²) >= 11 is 0. The fourth-order valence-electron chi connectivity index (χ4n) is 1.46. The van der Waals surface area contributed by atoms with Gasteiger partial charge in [0.2, 0.25) is 0 Å². The summed E-state index contributed by atoms with van der Waals surface area (Å²) in [5, 5.41) is 18.4.